The van der Waals surface area contributed by atoms with Crippen molar-refractivity contribution < 1.29 is 4.79 Å². The van der Waals surface area contributed by atoms with Gasteiger partial charge < -0.3 is 10.2 Å². The smallest absolute Gasteiger partial charge is 0.265 e. The lowest BCUT2D eigenvalue weighted by Gasteiger charge is -2.17. The third-order valence-corrected chi connectivity index (χ3v) is 6.91. The zero-order valence-electron chi connectivity index (χ0n) is 17.3. The van der Waals surface area contributed by atoms with Crippen molar-refractivity contribution in [3.8, 4) is 0 Å². The molecule has 29 heavy (non-hydrogen) atoms. The van der Waals surface area contributed by atoms with Crippen LogP contribution in [-0.4, -0.2) is 35.2 Å². The third-order valence-electron chi connectivity index (χ3n) is 5.33. The lowest BCUT2D eigenvalue weighted by Crippen LogP contribution is -2.19. The van der Waals surface area contributed by atoms with Crippen molar-refractivity contribution in [3.05, 3.63) is 40.3 Å². The van der Waals surface area contributed by atoms with Gasteiger partial charge in [0.1, 0.15) is 10.6 Å². The number of nitrogens with one attached hydrogen (secondary N) is 1. The molecule has 0 aliphatic carbocycles. The van der Waals surface area contributed by atoms with Gasteiger partial charge in [-0.1, -0.05) is 43.8 Å². The van der Waals surface area contributed by atoms with Crippen molar-refractivity contribution in [1.29, 1.82) is 0 Å². The van der Waals surface area contributed by atoms with Gasteiger partial charge in [-0.05, 0) is 49.1 Å². The summed E-state index contributed by atoms with van der Waals surface area (Å²) in [5, 5.41) is 4.90. The number of benzene rings is 1. The number of rotatable bonds is 5. The fraction of sp³-hybridized carbons (Fsp3) is 0.409. The molecule has 1 aliphatic heterocycles. The molecule has 1 amide bonds. The zero-order valence-corrected chi connectivity index (χ0v) is 18.9. The Morgan fingerprint density at radius 3 is 2.69 bits per heavy atom. The van der Waals surface area contributed by atoms with Gasteiger partial charge in [0.05, 0.1) is 10.3 Å². The van der Waals surface area contributed by atoms with E-state index in [0.29, 0.717) is 10.8 Å². The van der Waals surface area contributed by atoms with Gasteiger partial charge in [0.15, 0.2) is 5.16 Å². The van der Waals surface area contributed by atoms with Crippen LogP contribution in [0, 0.1) is 6.92 Å². The molecule has 0 unspecified atom stereocenters. The number of fused-ring (bicyclic) bond motifs is 1. The Bertz CT molecular complexity index is 1050. The van der Waals surface area contributed by atoms with E-state index < -0.39 is 0 Å². The molecule has 3 aromatic rings. The minimum absolute atomic E-state index is 0.0812. The van der Waals surface area contributed by atoms with E-state index in [-0.39, 0.29) is 5.91 Å². The highest BCUT2D eigenvalue weighted by Gasteiger charge is 2.22. The summed E-state index contributed by atoms with van der Waals surface area (Å²) in [5.41, 5.74) is 3.15. The predicted octanol–water partition coefficient (Wildman–Crippen LogP) is 5.70. The molecule has 5 nitrogen and oxygen atoms in total. The number of aromatic nitrogens is 2. The summed E-state index contributed by atoms with van der Waals surface area (Å²) < 4.78 is 0. The van der Waals surface area contributed by atoms with Gasteiger partial charge in [0.2, 0.25) is 0 Å². The van der Waals surface area contributed by atoms with Crippen molar-refractivity contribution in [2.75, 3.05) is 29.6 Å². The van der Waals surface area contributed by atoms with Crippen LogP contribution in [0.15, 0.2) is 29.4 Å². The normalized spacial score (nSPS) is 14.2. The van der Waals surface area contributed by atoms with Crippen LogP contribution in [0.2, 0.25) is 0 Å². The SMILES string of the molecule is CSc1nc(N2CCCC2)c2cc(C(=O)Nc3c(C)cccc3C(C)C)sc2n1. The molecule has 2 aromatic heterocycles. The van der Waals surface area contributed by atoms with E-state index in [2.05, 4.69) is 35.1 Å². The maximum atomic E-state index is 13.1. The molecule has 1 saturated heterocycles. The highest BCUT2D eigenvalue weighted by atomic mass is 32.2. The summed E-state index contributed by atoms with van der Waals surface area (Å²) in [6, 6.07) is 8.12. The highest BCUT2D eigenvalue weighted by Crippen LogP contribution is 2.35. The molecule has 1 N–H and O–H groups in total. The van der Waals surface area contributed by atoms with E-state index in [0.717, 1.165) is 51.1 Å². The Morgan fingerprint density at radius 1 is 1.24 bits per heavy atom. The number of aryl methyl sites for hydroxylation is 1. The summed E-state index contributed by atoms with van der Waals surface area (Å²) in [6.07, 6.45) is 4.35. The number of amides is 1. The fourth-order valence-corrected chi connectivity index (χ4v) is 5.12. The number of anilines is 2. The number of carbonyl (C=O) groups is 1. The van der Waals surface area contributed by atoms with E-state index >= 15 is 0 Å². The summed E-state index contributed by atoms with van der Waals surface area (Å²) in [7, 11) is 0. The Kier molecular flexibility index (Phi) is 5.79. The summed E-state index contributed by atoms with van der Waals surface area (Å²) in [5.74, 6) is 1.22. The first-order valence-electron chi connectivity index (χ1n) is 9.99. The second-order valence-electron chi connectivity index (χ2n) is 7.71. The number of hydrogen-bond acceptors (Lipinski definition) is 6. The molecule has 4 rings (SSSR count). The predicted molar refractivity (Wildman–Crippen MR) is 124 cm³/mol. The Balaban J connectivity index is 1.72. The van der Waals surface area contributed by atoms with Gasteiger partial charge in [0, 0.05) is 18.8 Å². The summed E-state index contributed by atoms with van der Waals surface area (Å²) in [4.78, 5) is 26.4. The van der Waals surface area contributed by atoms with E-state index in [1.165, 1.54) is 24.2 Å². The Hall–Kier alpha value is -2.12. The number of thiophene rings is 1. The van der Waals surface area contributed by atoms with Crippen molar-refractivity contribution in [2.24, 2.45) is 0 Å². The summed E-state index contributed by atoms with van der Waals surface area (Å²) >= 11 is 2.99. The standard InChI is InChI=1S/C22H26N4OS2/c1-13(2)15-9-7-8-14(3)18(15)23-20(27)17-12-16-19(26-10-5-6-11-26)24-22(28-4)25-21(16)29-17/h7-9,12-13H,5-6,10-11H2,1-4H3,(H,23,27). The summed E-state index contributed by atoms with van der Waals surface area (Å²) in [6.45, 7) is 8.35. The monoisotopic (exact) mass is 426 g/mol. The quantitative estimate of drug-likeness (QED) is 0.419. The molecule has 0 bridgehead atoms. The minimum atomic E-state index is -0.0812. The van der Waals surface area contributed by atoms with E-state index in [1.807, 2.05) is 31.4 Å². The molecule has 0 spiro atoms. The van der Waals surface area contributed by atoms with Crippen LogP contribution in [0.5, 0.6) is 0 Å². The van der Waals surface area contributed by atoms with E-state index in [1.54, 1.807) is 11.8 Å². The molecule has 1 aromatic carbocycles. The van der Waals surface area contributed by atoms with Gasteiger partial charge in [0.25, 0.3) is 5.91 Å². The van der Waals surface area contributed by atoms with Gasteiger partial charge in [-0.2, -0.15) is 0 Å². The van der Waals surface area contributed by atoms with Crippen LogP contribution in [0.1, 0.15) is 53.4 Å². The van der Waals surface area contributed by atoms with E-state index in [4.69, 9.17) is 4.98 Å². The van der Waals surface area contributed by atoms with Crippen LogP contribution in [0.25, 0.3) is 10.2 Å². The van der Waals surface area contributed by atoms with Crippen molar-refractivity contribution in [2.45, 2.75) is 44.7 Å². The average molecular weight is 427 g/mol. The first-order valence-corrected chi connectivity index (χ1v) is 12.0. The molecule has 1 aliphatic rings. The number of para-hydroxylation sites is 1. The van der Waals surface area contributed by atoms with Crippen molar-refractivity contribution in [1.82, 2.24) is 9.97 Å². The second kappa shape index (κ2) is 8.32. The topological polar surface area (TPSA) is 58.1 Å². The fourth-order valence-electron chi connectivity index (χ4n) is 3.78. The van der Waals surface area contributed by atoms with Gasteiger partial charge in [-0.15, -0.1) is 11.3 Å². The number of hydrogen-bond donors (Lipinski definition) is 1. The molecule has 0 radical (unpaired) electrons. The maximum Gasteiger partial charge on any atom is 0.265 e. The molecular weight excluding hydrogens is 400 g/mol. The van der Waals surface area contributed by atoms with Crippen LogP contribution in [-0.2, 0) is 0 Å². The zero-order chi connectivity index (χ0) is 20.5. The van der Waals surface area contributed by atoms with Crippen LogP contribution in [0.4, 0.5) is 11.5 Å². The first-order chi connectivity index (χ1) is 14.0. The van der Waals surface area contributed by atoms with Gasteiger partial charge in [-0.3, -0.25) is 4.79 Å². The highest BCUT2D eigenvalue weighted by molar-refractivity contribution is 7.98. The van der Waals surface area contributed by atoms with Gasteiger partial charge in [-0.25, -0.2) is 9.97 Å². The minimum Gasteiger partial charge on any atom is -0.356 e. The van der Waals surface area contributed by atoms with Crippen LogP contribution < -0.4 is 10.2 Å². The maximum absolute atomic E-state index is 13.1. The lowest BCUT2D eigenvalue weighted by molar-refractivity contribution is 0.103. The molecule has 7 heteroatoms. The van der Waals surface area contributed by atoms with E-state index in [9.17, 15) is 4.79 Å². The van der Waals surface area contributed by atoms with Gasteiger partial charge >= 0.3 is 0 Å². The molecule has 0 atom stereocenters. The molecule has 0 saturated carbocycles. The number of nitrogens with zero attached hydrogens (tertiary/aromatic N) is 3. The average Bonchev–Trinajstić information content (AvgIpc) is 3.38. The number of thioether (sulfide) groups is 1. The van der Waals surface area contributed by atoms with Crippen molar-refractivity contribution in [3.63, 3.8) is 0 Å². The Morgan fingerprint density at radius 2 is 2.00 bits per heavy atom. The van der Waals surface area contributed by atoms with Crippen LogP contribution >= 0.6 is 23.1 Å². The second-order valence-corrected chi connectivity index (χ2v) is 9.51. The molecular formula is C22H26N4OS2. The lowest BCUT2D eigenvalue weighted by atomic mass is 9.98. The third kappa shape index (κ3) is 3.98. The Labute approximate surface area is 179 Å². The largest absolute Gasteiger partial charge is 0.356 e. The first kappa shape index (κ1) is 20.2. The molecule has 3 heterocycles. The van der Waals surface area contributed by atoms with Crippen LogP contribution in [0.3, 0.4) is 0 Å². The number of carbonyl (C=O) groups excluding carboxylic acids is 1. The molecule has 152 valence electrons. The molecule has 1 fully saturated rings. The van der Waals surface area contributed by atoms with Crippen molar-refractivity contribution >= 4 is 50.7 Å².